The summed E-state index contributed by atoms with van der Waals surface area (Å²) in [5, 5.41) is 20.9. The Morgan fingerprint density at radius 3 is 2.66 bits per heavy atom. The summed E-state index contributed by atoms with van der Waals surface area (Å²) in [6.45, 7) is -0.00658. The van der Waals surface area contributed by atoms with Gasteiger partial charge < -0.3 is 24.7 Å². The molecular weight excluding hydrogens is 454 g/mol. The van der Waals surface area contributed by atoms with Crippen molar-refractivity contribution in [2.24, 2.45) is 5.73 Å². The molecule has 10 nitrogen and oxygen atoms in total. The average molecular weight is 471 g/mol. The van der Waals surface area contributed by atoms with Gasteiger partial charge in [0.25, 0.3) is 5.69 Å². The maximum atomic E-state index is 12.7. The summed E-state index contributed by atoms with van der Waals surface area (Å²) in [5.74, 6) is -0.0818. The Hall–Kier alpha value is -5.04. The number of hydrogen-bond acceptors (Lipinski definition) is 9. The molecule has 2 unspecified atom stereocenters. The minimum atomic E-state index is -0.963. The van der Waals surface area contributed by atoms with E-state index in [-0.39, 0.29) is 35.2 Å². The van der Waals surface area contributed by atoms with E-state index in [0.29, 0.717) is 22.6 Å². The Morgan fingerprint density at radius 1 is 1.09 bits per heavy atom. The summed E-state index contributed by atoms with van der Waals surface area (Å²) in [6.07, 6.45) is -0.963. The number of fused-ring (bicyclic) bond motifs is 2. The second kappa shape index (κ2) is 8.72. The molecular formula is C25H17N3O7. The van der Waals surface area contributed by atoms with Crippen LogP contribution in [0.5, 0.6) is 23.0 Å². The number of nitro groups is 1. The lowest BCUT2D eigenvalue weighted by Crippen LogP contribution is -2.39. The SMILES string of the molecule is N#CC1=C(N)Oc2cc(OC(=O)C3COc4ccccc4O3)ccc2C1c1cccc([N+](=O)[O-])c1. The minimum Gasteiger partial charge on any atom is -0.485 e. The van der Waals surface area contributed by atoms with Crippen molar-refractivity contribution in [1.29, 1.82) is 5.26 Å². The van der Waals surface area contributed by atoms with Crippen LogP contribution in [-0.4, -0.2) is 23.6 Å². The largest absolute Gasteiger partial charge is 0.485 e. The summed E-state index contributed by atoms with van der Waals surface area (Å²) in [6, 6.07) is 19.6. The second-order valence-electron chi connectivity index (χ2n) is 7.76. The van der Waals surface area contributed by atoms with Crippen LogP contribution in [0.15, 0.2) is 78.2 Å². The van der Waals surface area contributed by atoms with Gasteiger partial charge in [0.05, 0.1) is 10.8 Å². The highest BCUT2D eigenvalue weighted by atomic mass is 16.6. The molecule has 0 radical (unpaired) electrons. The number of non-ortho nitro benzene ring substituents is 1. The van der Waals surface area contributed by atoms with Crippen LogP contribution in [0.25, 0.3) is 0 Å². The minimum absolute atomic E-state index is 0.00658. The van der Waals surface area contributed by atoms with Crippen LogP contribution in [0, 0.1) is 21.4 Å². The molecule has 35 heavy (non-hydrogen) atoms. The van der Waals surface area contributed by atoms with Crippen LogP contribution >= 0.6 is 0 Å². The lowest BCUT2D eigenvalue weighted by Gasteiger charge is -2.27. The van der Waals surface area contributed by atoms with Gasteiger partial charge in [-0.25, -0.2) is 4.79 Å². The van der Waals surface area contributed by atoms with Gasteiger partial charge in [-0.3, -0.25) is 10.1 Å². The smallest absolute Gasteiger partial charge is 0.356 e. The van der Waals surface area contributed by atoms with Gasteiger partial charge in [-0.05, 0) is 23.8 Å². The molecule has 5 rings (SSSR count). The molecule has 0 aliphatic carbocycles. The molecule has 3 aromatic rings. The van der Waals surface area contributed by atoms with Gasteiger partial charge in [0.2, 0.25) is 12.0 Å². The van der Waals surface area contributed by atoms with E-state index in [1.54, 1.807) is 42.5 Å². The van der Waals surface area contributed by atoms with Gasteiger partial charge in [0.1, 0.15) is 29.7 Å². The van der Waals surface area contributed by atoms with Crippen molar-refractivity contribution in [3.8, 4) is 29.1 Å². The standard InChI is InChI=1S/C25H17N3O7/c26-12-18-23(14-4-3-5-15(10-14)28(30)31)17-9-8-16(11-21(17)35-24(18)27)33-25(29)22-13-32-19-6-1-2-7-20(19)34-22/h1-11,22-23H,13,27H2. The van der Waals surface area contributed by atoms with Crippen LogP contribution in [0.1, 0.15) is 17.0 Å². The fraction of sp³-hybridized carbons (Fsp3) is 0.120. The molecule has 2 heterocycles. The third-order valence-electron chi connectivity index (χ3n) is 5.59. The number of benzene rings is 3. The molecule has 0 bridgehead atoms. The molecule has 2 aliphatic rings. The van der Waals surface area contributed by atoms with E-state index in [2.05, 4.69) is 0 Å². The van der Waals surface area contributed by atoms with E-state index in [9.17, 15) is 20.2 Å². The molecule has 0 saturated carbocycles. The highest BCUT2D eigenvalue weighted by Crippen LogP contribution is 2.44. The predicted molar refractivity (Wildman–Crippen MR) is 121 cm³/mol. The summed E-state index contributed by atoms with van der Waals surface area (Å²) in [5.41, 5.74) is 7.05. The van der Waals surface area contributed by atoms with Gasteiger partial charge in [0.15, 0.2) is 11.5 Å². The summed E-state index contributed by atoms with van der Waals surface area (Å²) in [4.78, 5) is 23.4. The molecule has 10 heteroatoms. The monoisotopic (exact) mass is 471 g/mol. The summed E-state index contributed by atoms with van der Waals surface area (Å²) < 4.78 is 22.4. The van der Waals surface area contributed by atoms with Gasteiger partial charge in [0, 0.05) is 23.8 Å². The number of nitriles is 1. The first-order chi connectivity index (χ1) is 16.9. The zero-order valence-corrected chi connectivity index (χ0v) is 18.0. The number of nitro benzene ring substituents is 1. The molecule has 3 aromatic carbocycles. The maximum absolute atomic E-state index is 12.7. The van der Waals surface area contributed by atoms with Crippen LogP contribution < -0.4 is 24.7 Å². The molecule has 174 valence electrons. The Kier molecular flexibility index (Phi) is 5.43. The van der Waals surface area contributed by atoms with Gasteiger partial charge in [-0.1, -0.05) is 30.3 Å². The van der Waals surface area contributed by atoms with E-state index >= 15 is 0 Å². The fourth-order valence-electron chi connectivity index (χ4n) is 3.98. The van der Waals surface area contributed by atoms with Crippen LogP contribution in [0.3, 0.4) is 0 Å². The van der Waals surface area contributed by atoms with E-state index < -0.39 is 22.9 Å². The number of para-hydroxylation sites is 2. The van der Waals surface area contributed by atoms with Crippen molar-refractivity contribution in [3.05, 3.63) is 99.4 Å². The maximum Gasteiger partial charge on any atom is 0.356 e. The van der Waals surface area contributed by atoms with Gasteiger partial charge in [-0.2, -0.15) is 5.26 Å². The van der Waals surface area contributed by atoms with E-state index in [0.717, 1.165) is 0 Å². The number of ether oxygens (including phenoxy) is 4. The van der Waals surface area contributed by atoms with Crippen LogP contribution in [-0.2, 0) is 4.79 Å². The van der Waals surface area contributed by atoms with Crippen molar-refractivity contribution in [1.82, 2.24) is 0 Å². The Morgan fingerprint density at radius 2 is 1.89 bits per heavy atom. The molecule has 0 fully saturated rings. The highest BCUT2D eigenvalue weighted by Gasteiger charge is 2.33. The Labute approximate surface area is 198 Å². The first-order valence-electron chi connectivity index (χ1n) is 10.5. The number of carbonyl (C=O) groups is 1. The van der Waals surface area contributed by atoms with Crippen molar-refractivity contribution in [2.45, 2.75) is 12.0 Å². The number of allylic oxidation sites excluding steroid dienone is 1. The molecule has 0 aromatic heterocycles. The van der Waals surface area contributed by atoms with Gasteiger partial charge in [-0.15, -0.1) is 0 Å². The molecule has 0 saturated heterocycles. The van der Waals surface area contributed by atoms with Gasteiger partial charge >= 0.3 is 5.97 Å². The average Bonchev–Trinajstić information content (AvgIpc) is 2.87. The zero-order valence-electron chi connectivity index (χ0n) is 18.0. The lowest BCUT2D eigenvalue weighted by atomic mass is 9.83. The Balaban J connectivity index is 1.42. The third-order valence-corrected chi connectivity index (χ3v) is 5.59. The molecule has 2 aliphatic heterocycles. The van der Waals surface area contributed by atoms with Crippen molar-refractivity contribution in [2.75, 3.05) is 6.61 Å². The normalized spacial score (nSPS) is 18.0. The molecule has 0 spiro atoms. The first kappa shape index (κ1) is 21.8. The van der Waals surface area contributed by atoms with Crippen LogP contribution in [0.2, 0.25) is 0 Å². The van der Waals surface area contributed by atoms with Crippen molar-refractivity contribution < 1.29 is 28.7 Å². The molecule has 2 N–H and O–H groups in total. The third kappa shape index (κ3) is 4.06. The Bertz CT molecular complexity index is 1430. The molecule has 2 atom stereocenters. The highest BCUT2D eigenvalue weighted by molar-refractivity contribution is 5.78. The van der Waals surface area contributed by atoms with Crippen molar-refractivity contribution in [3.63, 3.8) is 0 Å². The van der Waals surface area contributed by atoms with E-state index in [4.69, 9.17) is 24.7 Å². The lowest BCUT2D eigenvalue weighted by molar-refractivity contribution is -0.384. The fourth-order valence-corrected chi connectivity index (χ4v) is 3.98. The second-order valence-corrected chi connectivity index (χ2v) is 7.76. The summed E-state index contributed by atoms with van der Waals surface area (Å²) >= 11 is 0. The zero-order chi connectivity index (χ0) is 24.5. The number of carbonyl (C=O) groups excluding carboxylic acids is 1. The number of rotatable bonds is 4. The quantitative estimate of drug-likeness (QED) is 0.261. The number of nitrogens with zero attached hydrogens (tertiary/aromatic N) is 2. The molecule has 0 amide bonds. The number of nitrogens with two attached hydrogens (primary N) is 1. The van der Waals surface area contributed by atoms with E-state index in [1.165, 1.54) is 24.3 Å². The number of hydrogen-bond donors (Lipinski definition) is 1. The summed E-state index contributed by atoms with van der Waals surface area (Å²) in [7, 11) is 0. The topological polar surface area (TPSA) is 147 Å². The van der Waals surface area contributed by atoms with Crippen molar-refractivity contribution >= 4 is 11.7 Å². The number of esters is 1. The van der Waals surface area contributed by atoms with E-state index in [1.807, 2.05) is 6.07 Å². The first-order valence-corrected chi connectivity index (χ1v) is 10.5. The van der Waals surface area contributed by atoms with Crippen LogP contribution in [0.4, 0.5) is 5.69 Å². The predicted octanol–water partition coefficient (Wildman–Crippen LogP) is 3.56.